The van der Waals surface area contributed by atoms with E-state index in [1.165, 1.54) is 0 Å². The summed E-state index contributed by atoms with van der Waals surface area (Å²) < 4.78 is 9.66. The summed E-state index contributed by atoms with van der Waals surface area (Å²) in [6.45, 7) is 6.72. The lowest BCUT2D eigenvalue weighted by Crippen LogP contribution is -2.47. The van der Waals surface area contributed by atoms with E-state index in [-0.39, 0.29) is 24.8 Å². The average Bonchev–Trinajstić information content (AvgIpc) is 2.63. The Bertz CT molecular complexity index is 454. The Morgan fingerprint density at radius 2 is 1.80 bits per heavy atom. The fraction of sp³-hybridized carbons (Fsp3) is 0.615. The third-order valence-corrected chi connectivity index (χ3v) is 2.81. The van der Waals surface area contributed by atoms with Crippen LogP contribution in [0.3, 0.4) is 0 Å². The van der Waals surface area contributed by atoms with Gasteiger partial charge in [-0.3, -0.25) is 4.79 Å². The van der Waals surface area contributed by atoms with Crippen molar-refractivity contribution in [3.05, 3.63) is 11.3 Å². The minimum absolute atomic E-state index is 0.0705. The van der Waals surface area contributed by atoms with Crippen molar-refractivity contribution in [2.24, 2.45) is 0 Å². The molecule has 0 spiro atoms. The summed E-state index contributed by atoms with van der Waals surface area (Å²) in [4.78, 5) is 37.0. The zero-order valence-electron chi connectivity index (χ0n) is 12.0. The lowest BCUT2D eigenvalue weighted by molar-refractivity contribution is -0.154. The van der Waals surface area contributed by atoms with Crippen LogP contribution in [-0.4, -0.2) is 53.1 Å². The van der Waals surface area contributed by atoms with Crippen LogP contribution >= 0.6 is 0 Å². The van der Waals surface area contributed by atoms with Crippen LogP contribution in [0.4, 0.5) is 0 Å². The largest absolute Gasteiger partial charge is 0.503 e. The first kappa shape index (κ1) is 16.0. The molecular formula is C13H19NO6. The topological polar surface area (TPSA) is 93.1 Å². The lowest BCUT2D eigenvalue weighted by atomic mass is 10.1. The fourth-order valence-corrected chi connectivity index (χ4v) is 2.03. The molecule has 0 aromatic rings. The van der Waals surface area contributed by atoms with Gasteiger partial charge < -0.3 is 19.5 Å². The molecule has 0 fully saturated rings. The molecule has 0 aromatic carbocycles. The van der Waals surface area contributed by atoms with Crippen LogP contribution in [0, 0.1) is 0 Å². The van der Waals surface area contributed by atoms with Crippen molar-refractivity contribution in [3.63, 3.8) is 0 Å². The Labute approximate surface area is 117 Å². The Morgan fingerprint density at radius 1 is 1.25 bits per heavy atom. The van der Waals surface area contributed by atoms with Crippen LogP contribution in [-0.2, 0) is 23.9 Å². The number of amides is 1. The van der Waals surface area contributed by atoms with Gasteiger partial charge in [-0.15, -0.1) is 0 Å². The molecule has 1 atom stereocenters. The molecule has 0 aromatic heterocycles. The maximum atomic E-state index is 12.0. The second-order valence-corrected chi connectivity index (χ2v) is 4.44. The molecule has 7 heteroatoms. The Hall–Kier alpha value is -2.05. The Kier molecular flexibility index (Phi) is 5.12. The number of carbonyl (C=O) groups excluding carboxylic acids is 3. The fourth-order valence-electron chi connectivity index (χ4n) is 2.03. The van der Waals surface area contributed by atoms with E-state index >= 15 is 0 Å². The van der Waals surface area contributed by atoms with Crippen molar-refractivity contribution < 1.29 is 29.0 Å². The van der Waals surface area contributed by atoms with Gasteiger partial charge in [-0.25, -0.2) is 9.59 Å². The van der Waals surface area contributed by atoms with Crippen molar-refractivity contribution in [1.82, 2.24) is 4.90 Å². The molecule has 112 valence electrons. The highest BCUT2D eigenvalue weighted by atomic mass is 16.5. The van der Waals surface area contributed by atoms with Gasteiger partial charge in [0.2, 0.25) is 0 Å². The number of rotatable bonds is 5. The van der Waals surface area contributed by atoms with Crippen LogP contribution in [0.5, 0.6) is 0 Å². The van der Waals surface area contributed by atoms with Crippen molar-refractivity contribution in [3.8, 4) is 0 Å². The van der Waals surface area contributed by atoms with Crippen LogP contribution in [0.1, 0.15) is 27.7 Å². The second-order valence-electron chi connectivity index (χ2n) is 4.44. The SMILES string of the molecule is CCOC(=O)C1=C(O)C(=O)N(C(C)C)C1C(=O)OCC. The van der Waals surface area contributed by atoms with Gasteiger partial charge in [0.25, 0.3) is 5.91 Å². The van der Waals surface area contributed by atoms with Crippen molar-refractivity contribution in [2.75, 3.05) is 13.2 Å². The molecule has 1 N–H and O–H groups in total. The standard InChI is InChI=1S/C13H19NO6/c1-5-19-12(17)8-9(13(18)20-6-2)14(7(3)4)11(16)10(8)15/h7,9,15H,5-6H2,1-4H3. The zero-order valence-corrected chi connectivity index (χ0v) is 12.0. The molecule has 20 heavy (non-hydrogen) atoms. The maximum Gasteiger partial charge on any atom is 0.340 e. The molecule has 0 saturated carbocycles. The summed E-state index contributed by atoms with van der Waals surface area (Å²) in [6.07, 6.45) is 0. The van der Waals surface area contributed by atoms with Gasteiger partial charge in [0.05, 0.1) is 13.2 Å². The quantitative estimate of drug-likeness (QED) is 0.741. The molecular weight excluding hydrogens is 266 g/mol. The first-order valence-electron chi connectivity index (χ1n) is 6.46. The molecule has 0 radical (unpaired) electrons. The first-order chi connectivity index (χ1) is 9.36. The molecule has 1 amide bonds. The molecule has 0 aliphatic carbocycles. The highest BCUT2D eigenvalue weighted by Crippen LogP contribution is 2.28. The van der Waals surface area contributed by atoms with E-state index in [0.717, 1.165) is 4.90 Å². The number of carbonyl (C=O) groups is 3. The lowest BCUT2D eigenvalue weighted by Gasteiger charge is -2.27. The minimum Gasteiger partial charge on any atom is -0.503 e. The number of nitrogens with zero attached hydrogens (tertiary/aromatic N) is 1. The summed E-state index contributed by atoms with van der Waals surface area (Å²) >= 11 is 0. The van der Waals surface area contributed by atoms with Crippen LogP contribution in [0.2, 0.25) is 0 Å². The van der Waals surface area contributed by atoms with Crippen LogP contribution in [0.25, 0.3) is 0 Å². The molecule has 1 aliphatic rings. The van der Waals surface area contributed by atoms with Gasteiger partial charge in [-0.1, -0.05) is 0 Å². The molecule has 1 rings (SSSR count). The van der Waals surface area contributed by atoms with E-state index in [1.807, 2.05) is 0 Å². The van der Waals surface area contributed by atoms with Crippen molar-refractivity contribution in [2.45, 2.75) is 39.8 Å². The number of aliphatic hydroxyl groups is 1. The van der Waals surface area contributed by atoms with E-state index in [2.05, 4.69) is 0 Å². The van der Waals surface area contributed by atoms with E-state index in [1.54, 1.807) is 27.7 Å². The van der Waals surface area contributed by atoms with E-state index in [4.69, 9.17) is 9.47 Å². The normalized spacial score (nSPS) is 18.8. The van der Waals surface area contributed by atoms with E-state index in [9.17, 15) is 19.5 Å². The van der Waals surface area contributed by atoms with Gasteiger partial charge in [0, 0.05) is 6.04 Å². The van der Waals surface area contributed by atoms with Crippen molar-refractivity contribution in [1.29, 1.82) is 0 Å². The van der Waals surface area contributed by atoms with Gasteiger partial charge >= 0.3 is 11.9 Å². The third-order valence-electron chi connectivity index (χ3n) is 2.81. The molecule has 0 bridgehead atoms. The summed E-state index contributed by atoms with van der Waals surface area (Å²) in [6, 6.07) is -1.65. The number of esters is 2. The molecule has 1 heterocycles. The summed E-state index contributed by atoms with van der Waals surface area (Å²) in [7, 11) is 0. The van der Waals surface area contributed by atoms with Gasteiger partial charge in [0.15, 0.2) is 11.8 Å². The van der Waals surface area contributed by atoms with Crippen molar-refractivity contribution >= 4 is 17.8 Å². The number of aliphatic hydroxyl groups excluding tert-OH is 1. The predicted octanol–water partition coefficient (Wildman–Crippen LogP) is 0.544. The van der Waals surface area contributed by atoms with Crippen LogP contribution < -0.4 is 0 Å². The number of hydrogen-bond acceptors (Lipinski definition) is 6. The number of ether oxygens (including phenoxy) is 2. The van der Waals surface area contributed by atoms with E-state index < -0.39 is 29.6 Å². The smallest absolute Gasteiger partial charge is 0.340 e. The molecule has 1 aliphatic heterocycles. The third kappa shape index (κ3) is 2.76. The minimum atomic E-state index is -1.26. The summed E-state index contributed by atoms with van der Waals surface area (Å²) in [5, 5.41) is 9.84. The molecule has 1 unspecified atom stereocenters. The van der Waals surface area contributed by atoms with Gasteiger partial charge in [-0.2, -0.15) is 0 Å². The first-order valence-corrected chi connectivity index (χ1v) is 6.46. The summed E-state index contributed by atoms with van der Waals surface area (Å²) in [5.41, 5.74) is -0.357. The molecule has 7 nitrogen and oxygen atoms in total. The molecule has 0 saturated heterocycles. The Morgan fingerprint density at radius 3 is 2.25 bits per heavy atom. The highest BCUT2D eigenvalue weighted by Gasteiger charge is 2.49. The zero-order chi connectivity index (χ0) is 15.4. The van der Waals surface area contributed by atoms with Gasteiger partial charge in [0.1, 0.15) is 5.57 Å². The van der Waals surface area contributed by atoms with Crippen LogP contribution in [0.15, 0.2) is 11.3 Å². The average molecular weight is 285 g/mol. The summed E-state index contributed by atoms with van der Waals surface area (Å²) in [5.74, 6) is -3.18. The second kappa shape index (κ2) is 6.40. The highest BCUT2D eigenvalue weighted by molar-refractivity contribution is 6.11. The van der Waals surface area contributed by atoms with Gasteiger partial charge in [-0.05, 0) is 27.7 Å². The van der Waals surface area contributed by atoms with E-state index in [0.29, 0.717) is 0 Å². The maximum absolute atomic E-state index is 12.0. The Balaban J connectivity index is 3.23. The number of hydrogen-bond donors (Lipinski definition) is 1. The monoisotopic (exact) mass is 285 g/mol. The predicted molar refractivity (Wildman–Crippen MR) is 68.7 cm³/mol.